The smallest absolute Gasteiger partial charge is 0.269 e. The zero-order valence-electron chi connectivity index (χ0n) is 11.2. The summed E-state index contributed by atoms with van der Waals surface area (Å²) in [6, 6.07) is 6.76. The van der Waals surface area contributed by atoms with Crippen molar-refractivity contribution in [1.29, 1.82) is 0 Å². The van der Waals surface area contributed by atoms with Crippen molar-refractivity contribution < 1.29 is 9.49 Å². The van der Waals surface area contributed by atoms with Crippen LogP contribution >= 0.6 is 7.44 Å². The van der Waals surface area contributed by atoms with Gasteiger partial charge in [-0.15, -0.1) is 0 Å². The van der Waals surface area contributed by atoms with Crippen molar-refractivity contribution in [3.63, 3.8) is 0 Å². The Morgan fingerprint density at radius 1 is 1.35 bits per heavy atom. The van der Waals surface area contributed by atoms with Crippen LogP contribution in [0.3, 0.4) is 0 Å². The highest BCUT2D eigenvalue weighted by atomic mass is 31.2. The minimum Gasteiger partial charge on any atom is -0.289 e. The van der Waals surface area contributed by atoms with Gasteiger partial charge < -0.3 is 0 Å². The Bertz CT molecular complexity index is 560. The van der Waals surface area contributed by atoms with Gasteiger partial charge in [0.25, 0.3) is 5.69 Å². The third-order valence-corrected chi connectivity index (χ3v) is 6.96. The topological polar surface area (TPSA) is 75.5 Å². The monoisotopic (exact) mass is 295 g/mol. The van der Waals surface area contributed by atoms with E-state index in [0.29, 0.717) is 12.2 Å². The molecule has 6 nitrogen and oxygen atoms in total. The summed E-state index contributed by atoms with van der Waals surface area (Å²) in [6.07, 6.45) is 3.86. The van der Waals surface area contributed by atoms with Gasteiger partial charge in [-0.25, -0.2) is 4.67 Å². The first-order valence-electron chi connectivity index (χ1n) is 6.93. The van der Waals surface area contributed by atoms with Gasteiger partial charge in [0.1, 0.15) is 0 Å². The normalized spacial score (nSPS) is 30.1. The molecule has 2 aliphatic heterocycles. The highest BCUT2D eigenvalue weighted by Crippen LogP contribution is 2.55. The molecule has 0 saturated carbocycles. The summed E-state index contributed by atoms with van der Waals surface area (Å²) >= 11 is 0. The van der Waals surface area contributed by atoms with Crippen LogP contribution < -0.4 is 5.09 Å². The van der Waals surface area contributed by atoms with Gasteiger partial charge in [-0.05, 0) is 18.4 Å². The molecule has 1 aromatic rings. The molecule has 2 heterocycles. The lowest BCUT2D eigenvalue weighted by atomic mass is 10.1. The number of hydrogen-bond acceptors (Lipinski definition) is 3. The molecule has 2 unspecified atom stereocenters. The summed E-state index contributed by atoms with van der Waals surface area (Å²) in [5.41, 5.74) is 0.958. The van der Waals surface area contributed by atoms with E-state index in [1.54, 1.807) is 12.1 Å². The summed E-state index contributed by atoms with van der Waals surface area (Å²) in [6.45, 7) is 1.69. The number of non-ortho nitro benzene ring substituents is 1. The summed E-state index contributed by atoms with van der Waals surface area (Å²) in [5, 5.41) is 13.8. The maximum absolute atomic E-state index is 13.0. The van der Waals surface area contributed by atoms with Crippen molar-refractivity contribution in [2.75, 3.05) is 13.1 Å². The Hall–Kier alpha value is -1.23. The highest BCUT2D eigenvalue weighted by molar-refractivity contribution is 7.59. The molecule has 0 radical (unpaired) electrons. The van der Waals surface area contributed by atoms with Crippen LogP contribution in [0.2, 0.25) is 0 Å². The molecule has 2 saturated heterocycles. The first-order valence-corrected chi connectivity index (χ1v) is 8.78. The van der Waals surface area contributed by atoms with Crippen LogP contribution in [0, 0.1) is 10.1 Å². The van der Waals surface area contributed by atoms with Gasteiger partial charge in [0, 0.05) is 31.3 Å². The van der Waals surface area contributed by atoms with Gasteiger partial charge in [0.15, 0.2) is 0 Å². The van der Waals surface area contributed by atoms with Gasteiger partial charge in [0.05, 0.1) is 11.1 Å². The van der Waals surface area contributed by atoms with Crippen LogP contribution in [0.5, 0.6) is 0 Å². The molecule has 108 valence electrons. The maximum atomic E-state index is 13.0. The largest absolute Gasteiger partial charge is 0.289 e. The van der Waals surface area contributed by atoms with E-state index in [0.717, 1.165) is 31.5 Å². The molecule has 0 aliphatic carbocycles. The maximum Gasteiger partial charge on any atom is 0.269 e. The van der Waals surface area contributed by atoms with Gasteiger partial charge >= 0.3 is 0 Å². The van der Waals surface area contributed by atoms with Gasteiger partial charge in [-0.1, -0.05) is 18.6 Å². The van der Waals surface area contributed by atoms with Crippen LogP contribution in [-0.4, -0.2) is 28.7 Å². The van der Waals surface area contributed by atoms with Crippen LogP contribution in [0.4, 0.5) is 5.69 Å². The number of rotatable bonds is 3. The molecule has 20 heavy (non-hydrogen) atoms. The molecular weight excluding hydrogens is 277 g/mol. The predicted molar refractivity (Wildman–Crippen MR) is 76.8 cm³/mol. The molecule has 0 spiro atoms. The summed E-state index contributed by atoms with van der Waals surface area (Å²) in [5.74, 6) is 0. The van der Waals surface area contributed by atoms with Crippen LogP contribution in [0.1, 0.15) is 24.8 Å². The minimum atomic E-state index is -2.55. The SMILES string of the molecule is O=[N+]([O-])c1ccc(CP2(=O)NCC3CCCCN32)cc1. The Kier molecular flexibility index (Phi) is 3.63. The van der Waals surface area contributed by atoms with Crippen molar-refractivity contribution in [2.24, 2.45) is 0 Å². The molecule has 2 atom stereocenters. The highest BCUT2D eigenvalue weighted by Gasteiger charge is 2.42. The second-order valence-electron chi connectivity index (χ2n) is 5.46. The second-order valence-corrected chi connectivity index (χ2v) is 8.01. The number of nitro groups is 1. The lowest BCUT2D eigenvalue weighted by Crippen LogP contribution is -2.33. The second kappa shape index (κ2) is 5.28. The third kappa shape index (κ3) is 2.51. The van der Waals surface area contributed by atoms with Crippen molar-refractivity contribution in [2.45, 2.75) is 31.5 Å². The number of nitro benzene ring substituents is 1. The molecular formula is C13H18N3O3P. The Labute approximate surface area is 117 Å². The van der Waals surface area contributed by atoms with Gasteiger partial charge in [0.2, 0.25) is 7.44 Å². The first-order chi connectivity index (χ1) is 9.58. The molecule has 2 aliphatic rings. The summed E-state index contributed by atoms with van der Waals surface area (Å²) in [4.78, 5) is 10.2. The van der Waals surface area contributed by atoms with Gasteiger partial charge in [-0.2, -0.15) is 0 Å². The Morgan fingerprint density at radius 2 is 2.10 bits per heavy atom. The molecule has 2 fully saturated rings. The van der Waals surface area contributed by atoms with E-state index < -0.39 is 12.4 Å². The number of piperidine rings is 1. The fourth-order valence-electron chi connectivity index (χ4n) is 3.07. The average Bonchev–Trinajstić information content (AvgIpc) is 2.78. The van der Waals surface area contributed by atoms with E-state index in [1.165, 1.54) is 18.6 Å². The quantitative estimate of drug-likeness (QED) is 0.527. The fraction of sp³-hybridized carbons (Fsp3) is 0.538. The Balaban J connectivity index is 1.76. The Morgan fingerprint density at radius 3 is 2.80 bits per heavy atom. The first kappa shape index (κ1) is 13.7. The molecule has 1 N–H and O–H groups in total. The number of hydrogen-bond donors (Lipinski definition) is 1. The predicted octanol–water partition coefficient (Wildman–Crippen LogP) is 2.75. The van der Waals surface area contributed by atoms with E-state index in [-0.39, 0.29) is 5.69 Å². The fourth-order valence-corrected chi connectivity index (χ4v) is 5.94. The van der Waals surface area contributed by atoms with E-state index in [2.05, 4.69) is 9.76 Å². The zero-order valence-corrected chi connectivity index (χ0v) is 12.1. The standard InChI is InChI=1S/C13H18N3O3P/c17-16(18)12-6-4-11(5-7-12)10-20(19)14-9-13-3-1-2-8-15(13)20/h4-7,13H,1-3,8-10H2,(H,14,19). The molecule has 0 aromatic heterocycles. The third-order valence-electron chi connectivity index (χ3n) is 4.13. The number of benzene rings is 1. The summed E-state index contributed by atoms with van der Waals surface area (Å²) in [7, 11) is -2.55. The zero-order chi connectivity index (χ0) is 14.2. The molecule has 0 amide bonds. The van der Waals surface area contributed by atoms with Crippen molar-refractivity contribution in [3.05, 3.63) is 39.9 Å². The molecule has 0 bridgehead atoms. The van der Waals surface area contributed by atoms with E-state index in [4.69, 9.17) is 0 Å². The van der Waals surface area contributed by atoms with Crippen molar-refractivity contribution in [1.82, 2.24) is 9.76 Å². The van der Waals surface area contributed by atoms with Crippen LogP contribution in [0.15, 0.2) is 24.3 Å². The van der Waals surface area contributed by atoms with E-state index in [9.17, 15) is 14.7 Å². The van der Waals surface area contributed by atoms with E-state index in [1.807, 2.05) is 0 Å². The van der Waals surface area contributed by atoms with Crippen molar-refractivity contribution in [3.8, 4) is 0 Å². The minimum absolute atomic E-state index is 0.0715. The van der Waals surface area contributed by atoms with Gasteiger partial charge in [-0.3, -0.25) is 19.8 Å². The lowest BCUT2D eigenvalue weighted by molar-refractivity contribution is -0.384. The van der Waals surface area contributed by atoms with Crippen LogP contribution in [0.25, 0.3) is 0 Å². The molecule has 7 heteroatoms. The number of fused-ring (bicyclic) bond motifs is 1. The summed E-state index contributed by atoms with van der Waals surface area (Å²) < 4.78 is 15.2. The van der Waals surface area contributed by atoms with Crippen LogP contribution in [-0.2, 0) is 10.7 Å². The number of nitrogens with one attached hydrogen (secondary N) is 1. The lowest BCUT2D eigenvalue weighted by Gasteiger charge is -2.32. The molecule has 3 rings (SSSR count). The van der Waals surface area contributed by atoms with E-state index >= 15 is 0 Å². The molecule has 1 aromatic carbocycles. The number of nitrogens with zero attached hydrogens (tertiary/aromatic N) is 2. The van der Waals surface area contributed by atoms with Crippen molar-refractivity contribution >= 4 is 13.1 Å². The average molecular weight is 295 g/mol.